The zero-order valence-electron chi connectivity index (χ0n) is 21.8. The Morgan fingerprint density at radius 1 is 0.756 bits per heavy atom. The van der Waals surface area contributed by atoms with E-state index in [2.05, 4.69) is 0 Å². The van der Waals surface area contributed by atoms with E-state index in [4.69, 9.17) is 22.7 Å². The normalized spacial score (nSPS) is 14.8. The number of carboxylic acid groups (broad SMARTS) is 1. The summed E-state index contributed by atoms with van der Waals surface area (Å²) in [6, 6.07) is 5.28. The van der Waals surface area contributed by atoms with Gasteiger partial charge in [0, 0.05) is 18.3 Å². The molecule has 0 saturated carbocycles. The van der Waals surface area contributed by atoms with Crippen molar-refractivity contribution in [1.29, 1.82) is 0 Å². The first-order valence-corrected chi connectivity index (χ1v) is 27.4. The molecule has 0 spiro atoms. The van der Waals surface area contributed by atoms with Crippen molar-refractivity contribution in [3.8, 4) is 28.2 Å². The summed E-state index contributed by atoms with van der Waals surface area (Å²) in [4.78, 5) is 25.3. The Morgan fingerprint density at radius 3 is 1.80 bits per heavy atom. The minimum atomic E-state index is -2.23. The first-order valence-electron chi connectivity index (χ1n) is 11.7. The summed E-state index contributed by atoms with van der Waals surface area (Å²) in [7, 11) is 6.63. The van der Waals surface area contributed by atoms with Crippen LogP contribution < -0.4 is 14.1 Å². The molecule has 2 aromatic rings. The van der Waals surface area contributed by atoms with Crippen LogP contribution in [-0.2, 0) is 0 Å². The second-order valence-electron chi connectivity index (χ2n) is 8.23. The average molecular weight is 908 g/mol. The number of fused-ring (bicyclic) bond motifs is 2. The van der Waals surface area contributed by atoms with Gasteiger partial charge in [-0.15, -0.1) is 0 Å². The summed E-state index contributed by atoms with van der Waals surface area (Å²) in [5.41, 5.74) is -2.69. The van der Waals surface area contributed by atoms with Crippen molar-refractivity contribution < 1.29 is 58.7 Å². The van der Waals surface area contributed by atoms with Crippen LogP contribution in [0.4, 0.5) is 39.3 Å². The molecule has 1 unspecified atom stereocenters. The van der Waals surface area contributed by atoms with Crippen LogP contribution in [0.1, 0.15) is 10.4 Å². The molecule has 5 nitrogen and oxygen atoms in total. The average Bonchev–Trinajstić information content (AvgIpc) is 3.79. The number of halogens is 9. The van der Waals surface area contributed by atoms with Crippen LogP contribution >= 0.6 is 40.1 Å². The molecule has 1 aliphatic carbocycles. The number of aromatic carboxylic acids is 1. The summed E-state index contributed by atoms with van der Waals surface area (Å²) < 4.78 is 108. The van der Waals surface area contributed by atoms with Crippen molar-refractivity contribution in [2.75, 3.05) is 23.0 Å². The topological polar surface area (TPSA) is 87.7 Å². The third-order valence-electron chi connectivity index (χ3n) is 6.04. The van der Waals surface area contributed by atoms with Crippen LogP contribution in [0.25, 0.3) is 33.4 Å². The van der Waals surface area contributed by atoms with Crippen molar-refractivity contribution in [2.24, 2.45) is 0 Å². The Bertz CT molecular complexity index is 1720. The zero-order valence-corrected chi connectivity index (χ0v) is 31.2. The van der Waals surface area contributed by atoms with Gasteiger partial charge in [-0.2, -0.15) is 0 Å². The molecule has 2 N–H and O–H groups in total. The van der Waals surface area contributed by atoms with Gasteiger partial charge >= 0.3 is 263 Å². The summed E-state index contributed by atoms with van der Waals surface area (Å²) in [6.07, 6.45) is 0. The van der Waals surface area contributed by atoms with Crippen molar-refractivity contribution in [2.45, 2.75) is 0 Å². The van der Waals surface area contributed by atoms with Crippen molar-refractivity contribution in [1.82, 2.24) is 0 Å². The van der Waals surface area contributed by atoms with Gasteiger partial charge in [0.2, 0.25) is 0 Å². The van der Waals surface area contributed by atoms with E-state index in [0.29, 0.717) is 8.70 Å². The van der Waals surface area contributed by atoms with Gasteiger partial charge in [0.1, 0.15) is 0 Å². The maximum absolute atomic E-state index is 15.6. The van der Waals surface area contributed by atoms with E-state index in [-0.39, 0.29) is 56.4 Å². The molecular weight excluding hydrogens is 892 g/mol. The van der Waals surface area contributed by atoms with Crippen molar-refractivity contribution in [3.05, 3.63) is 63.3 Å². The molecule has 3 aliphatic heterocycles. The van der Waals surface area contributed by atoms with Crippen LogP contribution in [-0.4, -0.2) is 81.2 Å². The monoisotopic (exact) mass is 908 g/mol. The van der Waals surface area contributed by atoms with E-state index < -0.39 is 65.0 Å². The predicted octanol–water partition coefficient (Wildman–Crippen LogP) is 6.06. The van der Waals surface area contributed by atoms with Crippen LogP contribution in [0.15, 0.2) is 33.5 Å². The summed E-state index contributed by atoms with van der Waals surface area (Å²) >= 11 is -3.94. The number of carbonyl (C=O) groups is 1. The molecule has 3 heterocycles. The molecule has 2 fully saturated rings. The molecule has 1 atom stereocenters. The van der Waals surface area contributed by atoms with Gasteiger partial charge in [0.25, 0.3) is 0 Å². The fourth-order valence-corrected chi connectivity index (χ4v) is 34.1. The van der Waals surface area contributed by atoms with Gasteiger partial charge in [0.15, 0.2) is 0 Å². The first kappa shape index (κ1) is 38.3. The number of aromatic hydroxyl groups is 1. The van der Waals surface area contributed by atoms with Gasteiger partial charge in [0.05, 0.1) is 0 Å². The molecule has 0 radical (unpaired) electrons. The first-order chi connectivity index (χ1) is 21.7. The number of benzene rings is 3. The molecule has 2 saturated heterocycles. The molecule has 45 heavy (non-hydrogen) atoms. The quantitative estimate of drug-likeness (QED) is 0.0836. The SMILES string of the molecule is FF.FF.F[AsH2].O=C(O)c1c(F)c(F)c(F)c(F)c1-c1c2ccc(=O)c([As]3SCCS3)c-2oc2c([As]3SCCS3)c(O)ccc12. The Labute approximate surface area is 279 Å². The molecule has 0 amide bonds. The van der Waals surface area contributed by atoms with Crippen LogP contribution in [0.2, 0.25) is 0 Å². The Hall–Kier alpha value is -1.15. The Morgan fingerprint density at radius 2 is 1.27 bits per heavy atom. The Balaban J connectivity index is 0.000000870. The van der Waals surface area contributed by atoms with Gasteiger partial charge < -0.3 is 0 Å². The van der Waals surface area contributed by atoms with E-state index in [1.54, 1.807) is 40.1 Å². The standard InChI is InChI=1S/C24H14As2F4O5S4.AsFH2.2F2/c27-18-14(15(24(33)34)19(28)21(30)20(18)29)13-9-1-3-11(31)16(25-36-5-6-37-25)22(9)35-23-10(13)2-4-12(32)17(23)26-38-7-8-39-26;3*1-2/h1-4,31H,5-8H2,(H,33,34);1H2;;. The van der Waals surface area contributed by atoms with E-state index in [9.17, 15) is 36.4 Å². The fourth-order valence-electron chi connectivity index (χ4n) is 4.46. The molecule has 244 valence electrons. The second-order valence-corrected chi connectivity index (χ2v) is 31.4. The van der Waals surface area contributed by atoms with Crippen LogP contribution in [0, 0.1) is 23.3 Å². The number of phenols is 1. The second kappa shape index (κ2) is 17.3. The van der Waals surface area contributed by atoms with Crippen molar-refractivity contribution >= 4 is 108 Å². The summed E-state index contributed by atoms with van der Waals surface area (Å²) in [5, 5.41) is 20.8. The van der Waals surface area contributed by atoms with E-state index in [0.717, 1.165) is 23.0 Å². The molecular formula is C24H16As3F9O5S4. The zero-order chi connectivity index (χ0) is 33.6. The van der Waals surface area contributed by atoms with Gasteiger partial charge in [-0.25, -0.2) is 0 Å². The number of hydrogen-bond donors (Lipinski definition) is 2. The van der Waals surface area contributed by atoms with Crippen LogP contribution in [0.3, 0.4) is 0 Å². The van der Waals surface area contributed by atoms with Gasteiger partial charge in [-0.1, -0.05) is 0 Å². The van der Waals surface area contributed by atoms with Crippen LogP contribution in [0.5, 0.6) is 5.75 Å². The molecule has 6 rings (SSSR count). The number of rotatable bonds is 4. The fraction of sp³-hybridized carbons (Fsp3) is 0.167. The predicted molar refractivity (Wildman–Crippen MR) is 168 cm³/mol. The van der Waals surface area contributed by atoms with E-state index in [1.807, 2.05) is 0 Å². The molecule has 21 heteroatoms. The number of hydrogen-bond acceptors (Lipinski definition) is 8. The molecule has 0 aromatic heterocycles. The maximum atomic E-state index is 15.6. The van der Waals surface area contributed by atoms with E-state index >= 15 is 4.39 Å². The molecule has 0 bridgehead atoms. The third-order valence-corrected chi connectivity index (χ3v) is 33.2. The molecule has 4 aliphatic rings. The Kier molecular flexibility index (Phi) is 14.7. The number of phenolic OH excluding ortho intramolecular Hbond substituents is 1. The third kappa shape index (κ3) is 7.32. The number of carboxylic acids is 1. The van der Waals surface area contributed by atoms with E-state index in [1.165, 1.54) is 24.3 Å². The minimum absolute atomic E-state index is 0.0721. The summed E-state index contributed by atoms with van der Waals surface area (Å²) in [5.74, 6) is -6.96. The summed E-state index contributed by atoms with van der Waals surface area (Å²) in [6.45, 7) is 0. The molecule has 2 aromatic carbocycles. The van der Waals surface area contributed by atoms with Gasteiger partial charge in [-0.3, -0.25) is 0 Å². The van der Waals surface area contributed by atoms with Gasteiger partial charge in [-0.05, 0) is 0 Å². The van der Waals surface area contributed by atoms with Crippen molar-refractivity contribution in [3.63, 3.8) is 0 Å².